The Labute approximate surface area is 179 Å². The number of fused-ring (bicyclic) bond motifs is 5. The van der Waals surface area contributed by atoms with Crippen molar-refractivity contribution in [3.8, 4) is 5.75 Å². The first-order valence-corrected chi connectivity index (χ1v) is 11.5. The molecule has 3 heteroatoms. The zero-order chi connectivity index (χ0) is 20.7. The third-order valence-corrected chi connectivity index (χ3v) is 8.32. The number of Topliss-reactive ketones (excluding diaryl/α,β-unsaturated/α-hetero) is 1. The summed E-state index contributed by atoms with van der Waals surface area (Å²) in [6.45, 7) is 3.00. The van der Waals surface area contributed by atoms with Crippen molar-refractivity contribution in [2.75, 3.05) is 6.61 Å². The smallest absolute Gasteiger partial charge is 0.139 e. The average Bonchev–Trinajstić information content (AvgIpc) is 2.78. The van der Waals surface area contributed by atoms with Crippen LogP contribution in [0.5, 0.6) is 5.75 Å². The molecule has 0 spiro atoms. The second-order valence-electron chi connectivity index (χ2n) is 9.83. The number of benzene rings is 2. The van der Waals surface area contributed by atoms with Crippen molar-refractivity contribution in [2.45, 2.75) is 58.0 Å². The van der Waals surface area contributed by atoms with Gasteiger partial charge in [-0.3, -0.25) is 4.79 Å². The predicted molar refractivity (Wildman–Crippen MR) is 117 cm³/mol. The van der Waals surface area contributed by atoms with Gasteiger partial charge in [0.05, 0.1) is 0 Å². The predicted octanol–water partition coefficient (Wildman–Crippen LogP) is 5.30. The summed E-state index contributed by atoms with van der Waals surface area (Å²) in [7, 11) is 0. The molecule has 0 radical (unpaired) electrons. The fourth-order valence-electron chi connectivity index (χ4n) is 6.82. The summed E-state index contributed by atoms with van der Waals surface area (Å²) in [5.41, 5.74) is 3.81. The second kappa shape index (κ2) is 7.85. The topological polar surface area (TPSA) is 46.5 Å². The number of carbonyl (C=O) groups is 1. The molecule has 1 N–H and O–H groups in total. The van der Waals surface area contributed by atoms with Gasteiger partial charge in [0, 0.05) is 18.4 Å². The minimum atomic E-state index is -0.233. The van der Waals surface area contributed by atoms with Gasteiger partial charge in [0.15, 0.2) is 0 Å². The highest BCUT2D eigenvalue weighted by molar-refractivity contribution is 5.86. The summed E-state index contributed by atoms with van der Waals surface area (Å²) < 4.78 is 6.07. The zero-order valence-electron chi connectivity index (χ0n) is 17.8. The monoisotopic (exact) mass is 404 g/mol. The molecular formula is C27H32O3. The van der Waals surface area contributed by atoms with E-state index in [0.717, 1.165) is 37.9 Å². The van der Waals surface area contributed by atoms with Gasteiger partial charge in [0.1, 0.15) is 18.1 Å². The van der Waals surface area contributed by atoms with Crippen LogP contribution in [0.25, 0.3) is 0 Å². The van der Waals surface area contributed by atoms with Crippen molar-refractivity contribution in [1.29, 1.82) is 0 Å². The van der Waals surface area contributed by atoms with E-state index in [-0.39, 0.29) is 17.9 Å². The Morgan fingerprint density at radius 2 is 1.90 bits per heavy atom. The van der Waals surface area contributed by atoms with Gasteiger partial charge in [-0.2, -0.15) is 0 Å². The summed E-state index contributed by atoms with van der Waals surface area (Å²) in [6.07, 6.45) is 5.70. The minimum Gasteiger partial charge on any atom is -0.489 e. The lowest BCUT2D eigenvalue weighted by Crippen LogP contribution is -2.53. The van der Waals surface area contributed by atoms with Crippen LogP contribution >= 0.6 is 0 Å². The Morgan fingerprint density at radius 3 is 2.70 bits per heavy atom. The van der Waals surface area contributed by atoms with E-state index in [4.69, 9.17) is 4.74 Å². The van der Waals surface area contributed by atoms with E-state index in [1.165, 1.54) is 16.7 Å². The quantitative estimate of drug-likeness (QED) is 0.752. The van der Waals surface area contributed by atoms with Crippen LogP contribution in [0.2, 0.25) is 0 Å². The van der Waals surface area contributed by atoms with Gasteiger partial charge in [-0.15, -0.1) is 0 Å². The lowest BCUT2D eigenvalue weighted by molar-refractivity contribution is -0.146. The number of hydrogen-bond donors (Lipinski definition) is 1. The highest BCUT2D eigenvalue weighted by Gasteiger charge is 2.55. The van der Waals surface area contributed by atoms with E-state index in [2.05, 4.69) is 37.3 Å². The molecular weight excluding hydrogens is 372 g/mol. The summed E-state index contributed by atoms with van der Waals surface area (Å²) in [4.78, 5) is 12.9. The SMILES string of the molecule is CC12CCC3c4ccc(OCc5ccccc5)cc4CCC3C1[C@@H](CO)CCC2=O. The summed E-state index contributed by atoms with van der Waals surface area (Å²) in [5, 5.41) is 10.1. The van der Waals surface area contributed by atoms with Crippen molar-refractivity contribution < 1.29 is 14.6 Å². The Hall–Kier alpha value is -2.13. The standard InChI is InChI=1S/C27H32O3/c1-27-14-13-23-22-11-9-21(30-17-18-5-3-2-4-6-18)15-19(22)7-10-24(23)26(27)20(16-28)8-12-25(27)29/h2-6,9,11,15,20,23-24,26,28H,7-8,10,12-14,16-17H2,1H3/t20-,23?,24?,26?,27?/m1/s1. The minimum absolute atomic E-state index is 0.218. The first-order chi connectivity index (χ1) is 14.6. The van der Waals surface area contributed by atoms with Crippen LogP contribution in [0.1, 0.15) is 61.6 Å². The number of aliphatic hydroxyl groups excluding tert-OH is 1. The van der Waals surface area contributed by atoms with Crippen LogP contribution in [-0.2, 0) is 17.8 Å². The third-order valence-electron chi connectivity index (χ3n) is 8.32. The summed E-state index contributed by atoms with van der Waals surface area (Å²) in [6, 6.07) is 16.9. The molecule has 158 valence electrons. The Kier molecular flexibility index (Phi) is 5.18. The Balaban J connectivity index is 1.38. The third kappa shape index (κ3) is 3.28. The van der Waals surface area contributed by atoms with Crippen molar-refractivity contribution in [3.63, 3.8) is 0 Å². The van der Waals surface area contributed by atoms with Crippen molar-refractivity contribution >= 4 is 5.78 Å². The molecule has 0 amide bonds. The van der Waals surface area contributed by atoms with E-state index >= 15 is 0 Å². The molecule has 0 bridgehead atoms. The highest BCUT2D eigenvalue weighted by Crippen LogP contribution is 2.60. The second-order valence-corrected chi connectivity index (χ2v) is 9.83. The normalized spacial score (nSPS) is 32.7. The van der Waals surface area contributed by atoms with Crippen LogP contribution in [0, 0.1) is 23.2 Å². The number of rotatable bonds is 4. The molecule has 0 aromatic heterocycles. The fourth-order valence-corrected chi connectivity index (χ4v) is 6.82. The highest BCUT2D eigenvalue weighted by atomic mass is 16.5. The Bertz CT molecular complexity index is 921. The fraction of sp³-hybridized carbons (Fsp3) is 0.519. The van der Waals surface area contributed by atoms with Crippen LogP contribution in [0.15, 0.2) is 48.5 Å². The van der Waals surface area contributed by atoms with Gasteiger partial charge in [0.2, 0.25) is 0 Å². The molecule has 3 aliphatic carbocycles. The van der Waals surface area contributed by atoms with Gasteiger partial charge in [-0.25, -0.2) is 0 Å². The van der Waals surface area contributed by atoms with E-state index in [1.807, 2.05) is 18.2 Å². The molecule has 30 heavy (non-hydrogen) atoms. The van der Waals surface area contributed by atoms with Gasteiger partial charge in [-0.1, -0.05) is 43.3 Å². The van der Waals surface area contributed by atoms with E-state index < -0.39 is 0 Å². The van der Waals surface area contributed by atoms with Crippen LogP contribution in [0.4, 0.5) is 0 Å². The molecule has 3 nitrogen and oxygen atoms in total. The first-order valence-electron chi connectivity index (χ1n) is 11.5. The maximum atomic E-state index is 12.9. The molecule has 0 aliphatic heterocycles. The van der Waals surface area contributed by atoms with Crippen molar-refractivity contribution in [3.05, 3.63) is 65.2 Å². The molecule has 4 unspecified atom stereocenters. The summed E-state index contributed by atoms with van der Waals surface area (Å²) >= 11 is 0. The molecule has 2 aromatic carbocycles. The van der Waals surface area contributed by atoms with E-state index in [9.17, 15) is 9.90 Å². The number of hydrogen-bond acceptors (Lipinski definition) is 3. The van der Waals surface area contributed by atoms with Gasteiger partial charge in [0.25, 0.3) is 0 Å². The lowest BCUT2D eigenvalue weighted by atomic mass is 9.48. The number of aryl methyl sites for hydroxylation is 1. The Morgan fingerprint density at radius 1 is 1.07 bits per heavy atom. The zero-order valence-corrected chi connectivity index (χ0v) is 17.8. The van der Waals surface area contributed by atoms with Gasteiger partial charge in [-0.05, 0) is 84.6 Å². The van der Waals surface area contributed by atoms with Crippen molar-refractivity contribution in [1.82, 2.24) is 0 Å². The molecule has 5 rings (SSSR count). The maximum absolute atomic E-state index is 12.9. The molecule has 5 atom stereocenters. The molecule has 3 aliphatic rings. The number of ether oxygens (including phenoxy) is 1. The van der Waals surface area contributed by atoms with Crippen molar-refractivity contribution in [2.24, 2.45) is 23.2 Å². The largest absolute Gasteiger partial charge is 0.489 e. The molecule has 2 aromatic rings. The number of ketones is 1. The molecule has 0 saturated heterocycles. The molecule has 0 heterocycles. The van der Waals surface area contributed by atoms with Gasteiger partial charge < -0.3 is 9.84 Å². The van der Waals surface area contributed by atoms with Crippen LogP contribution < -0.4 is 4.74 Å². The molecule has 2 saturated carbocycles. The molecule has 2 fully saturated rings. The number of aliphatic hydroxyl groups is 1. The maximum Gasteiger partial charge on any atom is 0.139 e. The lowest BCUT2D eigenvalue weighted by Gasteiger charge is -2.55. The first kappa shape index (κ1) is 19.8. The summed E-state index contributed by atoms with van der Waals surface area (Å²) in [5.74, 6) is 2.99. The van der Waals surface area contributed by atoms with E-state index in [0.29, 0.717) is 36.6 Å². The van der Waals surface area contributed by atoms with Crippen LogP contribution in [-0.4, -0.2) is 17.5 Å². The number of carbonyl (C=O) groups excluding carboxylic acids is 1. The van der Waals surface area contributed by atoms with E-state index in [1.54, 1.807) is 0 Å². The van der Waals surface area contributed by atoms with Gasteiger partial charge >= 0.3 is 0 Å². The van der Waals surface area contributed by atoms with Crippen LogP contribution in [0.3, 0.4) is 0 Å². The average molecular weight is 405 g/mol.